The van der Waals surface area contributed by atoms with Crippen molar-refractivity contribution in [1.29, 1.82) is 0 Å². The second-order valence-corrected chi connectivity index (χ2v) is 7.58. The normalized spacial score (nSPS) is 13.6. The summed E-state index contributed by atoms with van der Waals surface area (Å²) in [5.41, 5.74) is 6.25. The van der Waals surface area contributed by atoms with Crippen molar-refractivity contribution in [3.05, 3.63) is 46.5 Å². The smallest absolute Gasteiger partial charge is 0.165 e. The van der Waals surface area contributed by atoms with Crippen LogP contribution in [0.2, 0.25) is 0 Å². The molecule has 0 atom stereocenters. The number of benzene rings is 1. The minimum Gasteiger partial charge on any atom is -0.367 e. The van der Waals surface area contributed by atoms with Gasteiger partial charge >= 0.3 is 0 Å². The lowest BCUT2D eigenvalue weighted by Crippen LogP contribution is -2.21. The highest BCUT2D eigenvalue weighted by Gasteiger charge is 2.25. The Labute approximate surface area is 159 Å². The van der Waals surface area contributed by atoms with Crippen LogP contribution in [0.1, 0.15) is 55.6 Å². The highest BCUT2D eigenvalue weighted by molar-refractivity contribution is 5.82. The summed E-state index contributed by atoms with van der Waals surface area (Å²) in [6.45, 7) is 8.23. The number of nitrogens with zero attached hydrogens (tertiary/aromatic N) is 3. The van der Waals surface area contributed by atoms with Crippen LogP contribution in [0.5, 0.6) is 0 Å². The van der Waals surface area contributed by atoms with E-state index >= 15 is 0 Å². The number of hydrogen-bond acceptors (Lipinski definition) is 3. The highest BCUT2D eigenvalue weighted by atomic mass is 19.1. The first-order valence-electron chi connectivity index (χ1n) is 9.97. The van der Waals surface area contributed by atoms with E-state index in [4.69, 9.17) is 10.1 Å². The van der Waals surface area contributed by atoms with E-state index < -0.39 is 0 Å². The summed E-state index contributed by atoms with van der Waals surface area (Å²) >= 11 is 0. The van der Waals surface area contributed by atoms with Gasteiger partial charge in [-0.15, -0.1) is 0 Å². The molecule has 0 fully saturated rings. The molecule has 1 aliphatic carbocycles. The van der Waals surface area contributed by atoms with E-state index in [0.717, 1.165) is 66.1 Å². The first-order chi connectivity index (χ1) is 13.0. The molecule has 4 rings (SSSR count). The molecular formula is C22H27FN4. The molecule has 2 heterocycles. The van der Waals surface area contributed by atoms with Crippen LogP contribution in [0.15, 0.2) is 18.2 Å². The van der Waals surface area contributed by atoms with Crippen molar-refractivity contribution in [2.45, 2.75) is 65.8 Å². The SMILES string of the molecule is CCC(CC)Nc1c2c(nc3c(-c4ccc(C)cc4F)c(C)nn13)CCC2. The molecule has 0 aliphatic heterocycles. The molecule has 0 unspecified atom stereocenters. The van der Waals surface area contributed by atoms with E-state index in [0.29, 0.717) is 11.6 Å². The zero-order valence-corrected chi connectivity index (χ0v) is 16.6. The Morgan fingerprint density at radius 3 is 2.67 bits per heavy atom. The number of nitrogens with one attached hydrogen (secondary N) is 1. The molecule has 1 aromatic carbocycles. The second-order valence-electron chi connectivity index (χ2n) is 7.58. The number of anilines is 1. The third-order valence-corrected chi connectivity index (χ3v) is 5.68. The van der Waals surface area contributed by atoms with Crippen molar-refractivity contribution in [2.24, 2.45) is 0 Å². The monoisotopic (exact) mass is 366 g/mol. The van der Waals surface area contributed by atoms with E-state index in [1.54, 1.807) is 6.07 Å². The summed E-state index contributed by atoms with van der Waals surface area (Å²) in [6, 6.07) is 5.76. The Hall–Kier alpha value is -2.43. The molecule has 0 amide bonds. The second kappa shape index (κ2) is 6.95. The van der Waals surface area contributed by atoms with Crippen LogP contribution < -0.4 is 5.32 Å². The predicted octanol–water partition coefficient (Wildman–Crippen LogP) is 5.24. The summed E-state index contributed by atoms with van der Waals surface area (Å²) in [5.74, 6) is 0.827. The number of aryl methyl sites for hydroxylation is 3. The third-order valence-electron chi connectivity index (χ3n) is 5.68. The topological polar surface area (TPSA) is 42.2 Å². The van der Waals surface area contributed by atoms with Crippen molar-refractivity contribution in [3.8, 4) is 11.1 Å². The summed E-state index contributed by atoms with van der Waals surface area (Å²) in [6.07, 6.45) is 5.21. The summed E-state index contributed by atoms with van der Waals surface area (Å²) in [4.78, 5) is 4.93. The van der Waals surface area contributed by atoms with Gasteiger partial charge in [-0.1, -0.05) is 26.0 Å². The first-order valence-corrected chi connectivity index (χ1v) is 9.97. The number of aromatic nitrogens is 3. The van der Waals surface area contributed by atoms with Gasteiger partial charge in [-0.05, 0) is 57.6 Å². The van der Waals surface area contributed by atoms with Crippen LogP contribution in [0, 0.1) is 19.7 Å². The molecule has 142 valence electrons. The highest BCUT2D eigenvalue weighted by Crippen LogP contribution is 2.35. The van der Waals surface area contributed by atoms with Gasteiger partial charge < -0.3 is 5.32 Å². The number of rotatable bonds is 5. The molecule has 0 saturated heterocycles. The Morgan fingerprint density at radius 2 is 1.96 bits per heavy atom. The molecular weight excluding hydrogens is 339 g/mol. The summed E-state index contributed by atoms with van der Waals surface area (Å²) < 4.78 is 16.6. The van der Waals surface area contributed by atoms with Gasteiger partial charge in [-0.2, -0.15) is 9.61 Å². The maximum Gasteiger partial charge on any atom is 0.165 e. The zero-order valence-electron chi connectivity index (χ0n) is 16.6. The third kappa shape index (κ3) is 2.99. The van der Waals surface area contributed by atoms with E-state index in [1.165, 1.54) is 5.56 Å². The van der Waals surface area contributed by atoms with E-state index in [1.807, 2.05) is 30.5 Å². The molecule has 4 nitrogen and oxygen atoms in total. The van der Waals surface area contributed by atoms with Crippen LogP contribution in [-0.4, -0.2) is 20.6 Å². The van der Waals surface area contributed by atoms with Gasteiger partial charge in [0.2, 0.25) is 0 Å². The standard InChI is InChI=1S/C22H27FN4/c1-5-15(6-2)24-21-17-8-7-9-19(17)25-22-20(14(4)26-27(21)22)16-11-10-13(3)12-18(16)23/h10-12,15,24H,5-9H2,1-4H3. The fourth-order valence-electron chi connectivity index (χ4n) is 4.11. The quantitative estimate of drug-likeness (QED) is 0.671. The maximum atomic E-state index is 14.7. The molecule has 2 aromatic heterocycles. The van der Waals surface area contributed by atoms with Gasteiger partial charge in [-0.25, -0.2) is 9.37 Å². The van der Waals surface area contributed by atoms with Crippen LogP contribution in [0.4, 0.5) is 10.2 Å². The van der Waals surface area contributed by atoms with E-state index in [9.17, 15) is 4.39 Å². The maximum absolute atomic E-state index is 14.7. The zero-order chi connectivity index (χ0) is 19.1. The lowest BCUT2D eigenvalue weighted by Gasteiger charge is -2.19. The fraction of sp³-hybridized carbons (Fsp3) is 0.455. The van der Waals surface area contributed by atoms with Crippen molar-refractivity contribution in [3.63, 3.8) is 0 Å². The number of fused-ring (bicyclic) bond motifs is 2. The largest absolute Gasteiger partial charge is 0.367 e. The Balaban J connectivity index is 1.97. The van der Waals surface area contributed by atoms with Gasteiger partial charge in [0, 0.05) is 22.9 Å². The summed E-state index contributed by atoms with van der Waals surface area (Å²) in [5, 5.41) is 8.48. The predicted molar refractivity (Wildman–Crippen MR) is 108 cm³/mol. The summed E-state index contributed by atoms with van der Waals surface area (Å²) in [7, 11) is 0. The Morgan fingerprint density at radius 1 is 1.19 bits per heavy atom. The van der Waals surface area contributed by atoms with E-state index in [-0.39, 0.29) is 5.82 Å². The van der Waals surface area contributed by atoms with Gasteiger partial charge in [0.05, 0.1) is 11.3 Å². The average Bonchev–Trinajstić information content (AvgIpc) is 3.23. The van der Waals surface area contributed by atoms with Crippen LogP contribution in [0.25, 0.3) is 16.8 Å². The number of halogens is 1. The van der Waals surface area contributed by atoms with Crippen LogP contribution >= 0.6 is 0 Å². The molecule has 27 heavy (non-hydrogen) atoms. The van der Waals surface area contributed by atoms with Gasteiger partial charge in [-0.3, -0.25) is 0 Å². The fourth-order valence-corrected chi connectivity index (χ4v) is 4.11. The first kappa shape index (κ1) is 18.0. The van der Waals surface area contributed by atoms with Crippen LogP contribution in [-0.2, 0) is 12.8 Å². The lowest BCUT2D eigenvalue weighted by atomic mass is 10.0. The van der Waals surface area contributed by atoms with Gasteiger partial charge in [0.25, 0.3) is 0 Å². The molecule has 0 bridgehead atoms. The lowest BCUT2D eigenvalue weighted by molar-refractivity contribution is 0.630. The van der Waals surface area contributed by atoms with Crippen LogP contribution in [0.3, 0.4) is 0 Å². The van der Waals surface area contributed by atoms with E-state index in [2.05, 4.69) is 19.2 Å². The Bertz CT molecular complexity index is 1000. The van der Waals surface area contributed by atoms with Gasteiger partial charge in [0.15, 0.2) is 5.65 Å². The van der Waals surface area contributed by atoms with Crippen molar-refractivity contribution < 1.29 is 4.39 Å². The minimum absolute atomic E-state index is 0.218. The number of hydrogen-bond donors (Lipinski definition) is 1. The molecule has 1 aliphatic rings. The van der Waals surface area contributed by atoms with Crippen molar-refractivity contribution >= 4 is 11.5 Å². The molecule has 0 spiro atoms. The van der Waals surface area contributed by atoms with Crippen molar-refractivity contribution in [1.82, 2.24) is 14.6 Å². The average molecular weight is 366 g/mol. The van der Waals surface area contributed by atoms with Gasteiger partial charge in [0.1, 0.15) is 11.6 Å². The molecule has 0 saturated carbocycles. The molecule has 1 N–H and O–H groups in total. The molecule has 5 heteroatoms. The van der Waals surface area contributed by atoms with Crippen molar-refractivity contribution in [2.75, 3.05) is 5.32 Å². The Kier molecular flexibility index (Phi) is 4.62. The molecule has 3 aromatic rings. The minimum atomic E-state index is -0.218. The molecule has 0 radical (unpaired) electrons.